The third-order valence-corrected chi connectivity index (χ3v) is 3.33. The summed E-state index contributed by atoms with van der Waals surface area (Å²) >= 11 is 1.52. The lowest BCUT2D eigenvalue weighted by Crippen LogP contribution is -2.21. The maximum atomic E-state index is 11.6. The third kappa shape index (κ3) is 4.51. The number of aryl methyl sites for hydroxylation is 1. The molecule has 1 heterocycles. The molecule has 4 nitrogen and oxygen atoms in total. The number of esters is 1. The molecule has 0 atom stereocenters. The van der Waals surface area contributed by atoms with Crippen LogP contribution < -0.4 is 5.32 Å². The van der Waals surface area contributed by atoms with E-state index in [1.54, 1.807) is 6.07 Å². The molecule has 0 unspecified atom stereocenters. The van der Waals surface area contributed by atoms with Crippen LogP contribution >= 0.6 is 11.3 Å². The van der Waals surface area contributed by atoms with Crippen molar-refractivity contribution in [2.45, 2.75) is 13.3 Å². The number of carbonyl (C=O) groups is 2. The molecule has 2 rings (SSSR count). The summed E-state index contributed by atoms with van der Waals surface area (Å²) in [5.41, 5.74) is 2.65. The number of hydrogen-bond donors (Lipinski definition) is 1. The Bertz CT molecular complexity index is 593. The van der Waals surface area contributed by atoms with Crippen molar-refractivity contribution < 1.29 is 14.3 Å². The van der Waals surface area contributed by atoms with Crippen LogP contribution in [0.4, 0.5) is 5.69 Å². The predicted molar refractivity (Wildman–Crippen MR) is 78.8 cm³/mol. The second-order valence-corrected chi connectivity index (χ2v) is 5.17. The van der Waals surface area contributed by atoms with Crippen molar-refractivity contribution in [1.82, 2.24) is 0 Å². The van der Waals surface area contributed by atoms with Crippen molar-refractivity contribution in [3.05, 3.63) is 52.2 Å². The second kappa shape index (κ2) is 6.86. The van der Waals surface area contributed by atoms with Crippen LogP contribution in [-0.2, 0) is 20.7 Å². The normalized spacial score (nSPS) is 10.1. The van der Waals surface area contributed by atoms with E-state index in [0.29, 0.717) is 5.69 Å². The van der Waals surface area contributed by atoms with E-state index >= 15 is 0 Å². The van der Waals surface area contributed by atoms with E-state index in [1.807, 2.05) is 41.9 Å². The van der Waals surface area contributed by atoms with Gasteiger partial charge in [-0.1, -0.05) is 12.1 Å². The van der Waals surface area contributed by atoms with Crippen molar-refractivity contribution in [3.8, 4) is 0 Å². The Morgan fingerprint density at radius 3 is 2.85 bits per heavy atom. The lowest BCUT2D eigenvalue weighted by Gasteiger charge is -2.06. The minimum atomic E-state index is -0.400. The molecule has 1 aromatic heterocycles. The number of anilines is 1. The van der Waals surface area contributed by atoms with Gasteiger partial charge in [0.15, 0.2) is 6.61 Å². The number of benzene rings is 1. The van der Waals surface area contributed by atoms with Gasteiger partial charge in [0, 0.05) is 5.69 Å². The highest BCUT2D eigenvalue weighted by molar-refractivity contribution is 7.07. The number of carbonyl (C=O) groups excluding carboxylic acids is 2. The summed E-state index contributed by atoms with van der Waals surface area (Å²) in [6, 6.07) is 9.30. The molecule has 2 aromatic rings. The fourth-order valence-electron chi connectivity index (χ4n) is 1.68. The van der Waals surface area contributed by atoms with Gasteiger partial charge in [-0.05, 0) is 47.0 Å². The van der Waals surface area contributed by atoms with E-state index in [9.17, 15) is 9.59 Å². The smallest absolute Gasteiger partial charge is 0.310 e. The standard InChI is InChI=1S/C15H15NO3S/c1-11-3-2-4-13(7-11)16-14(17)9-19-15(18)8-12-5-6-20-10-12/h2-7,10H,8-9H2,1H3,(H,16,17). The van der Waals surface area contributed by atoms with E-state index in [0.717, 1.165) is 11.1 Å². The summed E-state index contributed by atoms with van der Waals surface area (Å²) in [5, 5.41) is 6.46. The highest BCUT2D eigenvalue weighted by Gasteiger charge is 2.09. The largest absolute Gasteiger partial charge is 0.455 e. The zero-order valence-corrected chi connectivity index (χ0v) is 11.9. The first-order chi connectivity index (χ1) is 9.63. The molecule has 0 saturated heterocycles. The quantitative estimate of drug-likeness (QED) is 0.861. The van der Waals surface area contributed by atoms with Crippen LogP contribution in [0.3, 0.4) is 0 Å². The summed E-state index contributed by atoms with van der Waals surface area (Å²) in [4.78, 5) is 23.2. The van der Waals surface area contributed by atoms with Crippen LogP contribution in [0.1, 0.15) is 11.1 Å². The Labute approximate surface area is 121 Å². The molecule has 0 bridgehead atoms. The minimum absolute atomic E-state index is 0.196. The molecule has 0 fully saturated rings. The average molecular weight is 289 g/mol. The molecular formula is C15H15NO3S. The zero-order valence-electron chi connectivity index (χ0n) is 11.1. The predicted octanol–water partition coefficient (Wildman–Crippen LogP) is 2.78. The molecule has 0 aliphatic heterocycles. The number of rotatable bonds is 5. The fraction of sp³-hybridized carbons (Fsp3) is 0.200. The van der Waals surface area contributed by atoms with Gasteiger partial charge in [0.1, 0.15) is 0 Å². The van der Waals surface area contributed by atoms with Gasteiger partial charge in [-0.15, -0.1) is 0 Å². The highest BCUT2D eigenvalue weighted by Crippen LogP contribution is 2.10. The van der Waals surface area contributed by atoms with Crippen molar-refractivity contribution in [2.24, 2.45) is 0 Å². The van der Waals surface area contributed by atoms with Crippen molar-refractivity contribution in [2.75, 3.05) is 11.9 Å². The second-order valence-electron chi connectivity index (χ2n) is 4.39. The van der Waals surface area contributed by atoms with Crippen LogP contribution in [0.25, 0.3) is 0 Å². The van der Waals surface area contributed by atoms with E-state index in [1.165, 1.54) is 11.3 Å². The number of ether oxygens (including phenoxy) is 1. The first-order valence-corrected chi connectivity index (χ1v) is 7.11. The lowest BCUT2D eigenvalue weighted by atomic mass is 10.2. The van der Waals surface area contributed by atoms with Gasteiger partial charge < -0.3 is 10.1 Å². The van der Waals surface area contributed by atoms with Crippen LogP contribution in [-0.4, -0.2) is 18.5 Å². The van der Waals surface area contributed by atoms with Gasteiger partial charge in [-0.25, -0.2) is 0 Å². The summed E-state index contributed by atoms with van der Waals surface area (Å²) < 4.78 is 4.93. The molecule has 0 saturated carbocycles. The first kappa shape index (κ1) is 14.3. The van der Waals surface area contributed by atoms with E-state index in [2.05, 4.69) is 5.32 Å². The number of thiophene rings is 1. The lowest BCUT2D eigenvalue weighted by molar-refractivity contribution is -0.146. The van der Waals surface area contributed by atoms with Crippen molar-refractivity contribution >= 4 is 28.9 Å². The van der Waals surface area contributed by atoms with Crippen LogP contribution in [0, 0.1) is 6.92 Å². The zero-order chi connectivity index (χ0) is 14.4. The SMILES string of the molecule is Cc1cccc(NC(=O)COC(=O)Cc2ccsc2)c1. The van der Waals surface area contributed by atoms with Crippen molar-refractivity contribution in [3.63, 3.8) is 0 Å². The summed E-state index contributed by atoms with van der Waals surface area (Å²) in [6.07, 6.45) is 0.196. The Balaban J connectivity index is 1.76. The molecule has 104 valence electrons. The van der Waals surface area contributed by atoms with Crippen LogP contribution in [0.5, 0.6) is 0 Å². The van der Waals surface area contributed by atoms with Gasteiger partial charge >= 0.3 is 5.97 Å². The Kier molecular flexibility index (Phi) is 4.90. The molecule has 1 amide bonds. The molecule has 20 heavy (non-hydrogen) atoms. The van der Waals surface area contributed by atoms with Gasteiger partial charge in [-0.2, -0.15) is 11.3 Å². The molecular weight excluding hydrogens is 274 g/mol. The molecule has 1 N–H and O–H groups in total. The molecule has 0 aliphatic rings. The number of nitrogens with one attached hydrogen (secondary N) is 1. The molecule has 0 aliphatic carbocycles. The average Bonchev–Trinajstić information content (AvgIpc) is 2.89. The van der Waals surface area contributed by atoms with E-state index in [4.69, 9.17) is 4.74 Å². The maximum absolute atomic E-state index is 11.6. The summed E-state index contributed by atoms with van der Waals surface area (Å²) in [7, 11) is 0. The van der Waals surface area contributed by atoms with Crippen LogP contribution in [0.2, 0.25) is 0 Å². The Morgan fingerprint density at radius 1 is 1.30 bits per heavy atom. The molecule has 0 spiro atoms. The van der Waals surface area contributed by atoms with Gasteiger partial charge in [0.25, 0.3) is 5.91 Å². The number of hydrogen-bond acceptors (Lipinski definition) is 4. The molecule has 1 aromatic carbocycles. The van der Waals surface area contributed by atoms with Crippen LogP contribution in [0.15, 0.2) is 41.1 Å². The fourth-order valence-corrected chi connectivity index (χ4v) is 2.35. The Morgan fingerprint density at radius 2 is 2.15 bits per heavy atom. The van der Waals surface area contributed by atoms with E-state index < -0.39 is 5.97 Å². The Hall–Kier alpha value is -2.14. The highest BCUT2D eigenvalue weighted by atomic mass is 32.1. The minimum Gasteiger partial charge on any atom is -0.455 e. The summed E-state index contributed by atoms with van der Waals surface area (Å²) in [6.45, 7) is 1.67. The van der Waals surface area contributed by atoms with Gasteiger partial charge in [-0.3, -0.25) is 9.59 Å². The third-order valence-electron chi connectivity index (χ3n) is 2.59. The summed E-state index contributed by atoms with van der Waals surface area (Å²) in [5.74, 6) is -0.739. The first-order valence-electron chi connectivity index (χ1n) is 6.17. The van der Waals surface area contributed by atoms with Crippen molar-refractivity contribution in [1.29, 1.82) is 0 Å². The van der Waals surface area contributed by atoms with E-state index in [-0.39, 0.29) is 18.9 Å². The topological polar surface area (TPSA) is 55.4 Å². The molecule has 5 heteroatoms. The molecule has 0 radical (unpaired) electrons. The number of amides is 1. The monoisotopic (exact) mass is 289 g/mol. The van der Waals surface area contributed by atoms with Gasteiger partial charge in [0.2, 0.25) is 0 Å². The maximum Gasteiger partial charge on any atom is 0.310 e. The van der Waals surface area contributed by atoms with Gasteiger partial charge in [0.05, 0.1) is 6.42 Å².